The predicted molar refractivity (Wildman–Crippen MR) is 133 cm³/mol. The number of halogens is 1. The van der Waals surface area contributed by atoms with Crippen molar-refractivity contribution in [1.82, 2.24) is 24.6 Å². The Kier molecular flexibility index (Phi) is 8.56. The van der Waals surface area contributed by atoms with E-state index >= 15 is 0 Å². The molecule has 1 aromatic heterocycles. The molecule has 2 amide bonds. The molecule has 9 heteroatoms. The van der Waals surface area contributed by atoms with Gasteiger partial charge in [0.2, 0.25) is 11.8 Å². The first-order valence-electron chi connectivity index (χ1n) is 12.4. The molecule has 2 aliphatic rings. The van der Waals surface area contributed by atoms with E-state index in [-0.39, 0.29) is 17.7 Å². The summed E-state index contributed by atoms with van der Waals surface area (Å²) in [5.74, 6) is 0.824. The van der Waals surface area contributed by atoms with E-state index in [1.807, 2.05) is 38.7 Å². The zero-order valence-corrected chi connectivity index (χ0v) is 20.7. The molecule has 4 rings (SSSR count). The Labute approximate surface area is 206 Å². The lowest BCUT2D eigenvalue weighted by atomic mass is 9.94. The summed E-state index contributed by atoms with van der Waals surface area (Å²) in [7, 11) is 0. The minimum atomic E-state index is -0.0536. The molecule has 0 bridgehead atoms. The van der Waals surface area contributed by atoms with E-state index in [1.165, 1.54) is 0 Å². The fraction of sp³-hybridized carbons (Fsp3) is 0.600. The molecule has 0 spiro atoms. The number of nitrogens with zero attached hydrogens (tertiary/aromatic N) is 6. The molecule has 2 aromatic rings. The molecule has 1 aromatic carbocycles. The van der Waals surface area contributed by atoms with Crippen molar-refractivity contribution in [3.05, 3.63) is 41.9 Å². The smallest absolute Gasteiger partial charge is 0.230 e. The number of amides is 2. The Hall–Kier alpha value is -2.45. The van der Waals surface area contributed by atoms with Crippen LogP contribution in [0.25, 0.3) is 0 Å². The van der Waals surface area contributed by atoms with Gasteiger partial charge in [0.1, 0.15) is 12.7 Å². The number of anilines is 1. The molecule has 0 radical (unpaired) electrons. The Bertz CT molecular complexity index is 937. The zero-order valence-electron chi connectivity index (χ0n) is 20.0. The summed E-state index contributed by atoms with van der Waals surface area (Å²) in [6.07, 6.45) is 8.05. The molecule has 2 aliphatic heterocycles. The third kappa shape index (κ3) is 6.57. The van der Waals surface area contributed by atoms with E-state index in [2.05, 4.69) is 15.0 Å². The minimum Gasteiger partial charge on any atom is -0.343 e. The second kappa shape index (κ2) is 11.8. The summed E-state index contributed by atoms with van der Waals surface area (Å²) in [6, 6.07) is 7.57. The van der Waals surface area contributed by atoms with E-state index in [0.717, 1.165) is 64.0 Å². The molecular formula is C25H35ClN6O2. The number of likely N-dealkylation sites (tertiary alicyclic amines) is 2. The third-order valence-corrected chi connectivity index (χ3v) is 7.39. The molecule has 2 saturated heterocycles. The predicted octanol–water partition coefficient (Wildman–Crippen LogP) is 3.33. The van der Waals surface area contributed by atoms with Crippen molar-refractivity contribution in [2.75, 3.05) is 44.2 Å². The van der Waals surface area contributed by atoms with E-state index < -0.39 is 0 Å². The number of carbonyl (C=O) groups excluding carboxylic acids is 2. The number of piperidine rings is 2. The highest BCUT2D eigenvalue weighted by Crippen LogP contribution is 2.26. The second-order valence-corrected chi connectivity index (χ2v) is 9.94. The van der Waals surface area contributed by atoms with Crippen LogP contribution in [0.1, 0.15) is 39.0 Å². The van der Waals surface area contributed by atoms with E-state index in [0.29, 0.717) is 30.6 Å². The van der Waals surface area contributed by atoms with Crippen LogP contribution in [0, 0.1) is 11.8 Å². The van der Waals surface area contributed by atoms with Crippen LogP contribution in [-0.4, -0.2) is 75.6 Å². The summed E-state index contributed by atoms with van der Waals surface area (Å²) in [4.78, 5) is 35.5. The lowest BCUT2D eigenvalue weighted by Gasteiger charge is -2.35. The van der Waals surface area contributed by atoms with Gasteiger partial charge in [0.15, 0.2) is 0 Å². The molecule has 0 unspecified atom stereocenters. The van der Waals surface area contributed by atoms with Gasteiger partial charge in [-0.2, -0.15) is 5.10 Å². The third-order valence-electron chi connectivity index (χ3n) is 7.15. The lowest BCUT2D eigenvalue weighted by Crippen LogP contribution is -2.45. The van der Waals surface area contributed by atoms with Gasteiger partial charge >= 0.3 is 0 Å². The van der Waals surface area contributed by atoms with Gasteiger partial charge in [-0.25, -0.2) is 4.98 Å². The first-order valence-corrected chi connectivity index (χ1v) is 12.7. The number of rotatable bonds is 8. The standard InChI is InChI=1S/C25H35ClN6O2/c1-20(33)30-14-8-22(9-15-30)25(34)32(24-5-2-4-23(26)16-24)11-3-10-29-12-6-21(7-13-29)17-31-19-27-18-28-31/h2,4-5,16,18-19,21-22H,3,6-15,17H2,1H3. The van der Waals surface area contributed by atoms with Gasteiger partial charge in [-0.3, -0.25) is 14.3 Å². The quantitative estimate of drug-likeness (QED) is 0.572. The van der Waals surface area contributed by atoms with Crippen LogP contribution >= 0.6 is 11.6 Å². The van der Waals surface area contributed by atoms with E-state index in [1.54, 1.807) is 19.6 Å². The van der Waals surface area contributed by atoms with Crippen LogP contribution in [0.3, 0.4) is 0 Å². The first-order chi connectivity index (χ1) is 16.5. The van der Waals surface area contributed by atoms with Crippen molar-refractivity contribution < 1.29 is 9.59 Å². The highest BCUT2D eigenvalue weighted by atomic mass is 35.5. The summed E-state index contributed by atoms with van der Waals surface area (Å²) in [6.45, 7) is 7.64. The summed E-state index contributed by atoms with van der Waals surface area (Å²) in [5.41, 5.74) is 0.859. The van der Waals surface area contributed by atoms with Gasteiger partial charge in [0.25, 0.3) is 0 Å². The number of aromatic nitrogens is 3. The normalized spacial score (nSPS) is 18.2. The van der Waals surface area contributed by atoms with Crippen LogP contribution in [-0.2, 0) is 16.1 Å². The van der Waals surface area contributed by atoms with Gasteiger partial charge in [0, 0.05) is 49.7 Å². The Morgan fingerprint density at radius 3 is 2.53 bits per heavy atom. The minimum absolute atomic E-state index is 0.0536. The van der Waals surface area contributed by atoms with Crippen LogP contribution in [0.5, 0.6) is 0 Å². The van der Waals surface area contributed by atoms with Crippen molar-refractivity contribution in [2.45, 2.75) is 45.6 Å². The highest BCUT2D eigenvalue weighted by molar-refractivity contribution is 6.30. The number of hydrogen-bond donors (Lipinski definition) is 0. The fourth-order valence-electron chi connectivity index (χ4n) is 5.11. The average Bonchev–Trinajstić information content (AvgIpc) is 3.35. The van der Waals surface area contributed by atoms with Gasteiger partial charge < -0.3 is 14.7 Å². The summed E-state index contributed by atoms with van der Waals surface area (Å²) < 4.78 is 1.93. The maximum Gasteiger partial charge on any atom is 0.230 e. The summed E-state index contributed by atoms with van der Waals surface area (Å²) >= 11 is 6.25. The molecule has 0 aliphatic carbocycles. The number of carbonyl (C=O) groups is 2. The molecule has 0 N–H and O–H groups in total. The molecular weight excluding hydrogens is 452 g/mol. The van der Waals surface area contributed by atoms with E-state index in [9.17, 15) is 9.59 Å². The Balaban J connectivity index is 1.30. The van der Waals surface area contributed by atoms with Gasteiger partial charge in [-0.05, 0) is 75.9 Å². The zero-order chi connectivity index (χ0) is 23.9. The van der Waals surface area contributed by atoms with Gasteiger partial charge in [-0.1, -0.05) is 17.7 Å². The molecule has 2 fully saturated rings. The van der Waals surface area contributed by atoms with Crippen molar-refractivity contribution in [2.24, 2.45) is 11.8 Å². The first kappa shape index (κ1) is 24.7. The summed E-state index contributed by atoms with van der Waals surface area (Å²) in [5, 5.41) is 4.86. The van der Waals surface area contributed by atoms with Gasteiger partial charge in [-0.15, -0.1) is 0 Å². The number of hydrogen-bond acceptors (Lipinski definition) is 5. The molecule has 0 atom stereocenters. The number of benzene rings is 1. The van der Waals surface area contributed by atoms with Crippen LogP contribution in [0.15, 0.2) is 36.9 Å². The molecule has 0 saturated carbocycles. The highest BCUT2D eigenvalue weighted by Gasteiger charge is 2.30. The van der Waals surface area contributed by atoms with Crippen molar-refractivity contribution in [3.63, 3.8) is 0 Å². The maximum absolute atomic E-state index is 13.5. The average molecular weight is 487 g/mol. The monoisotopic (exact) mass is 486 g/mol. The van der Waals surface area contributed by atoms with Crippen LogP contribution in [0.4, 0.5) is 5.69 Å². The molecule has 3 heterocycles. The maximum atomic E-state index is 13.5. The largest absolute Gasteiger partial charge is 0.343 e. The van der Waals surface area contributed by atoms with Crippen molar-refractivity contribution >= 4 is 29.1 Å². The Morgan fingerprint density at radius 1 is 1.12 bits per heavy atom. The van der Waals surface area contributed by atoms with Gasteiger partial charge in [0.05, 0.1) is 0 Å². The molecule has 34 heavy (non-hydrogen) atoms. The van der Waals surface area contributed by atoms with Crippen LogP contribution < -0.4 is 4.90 Å². The SMILES string of the molecule is CC(=O)N1CCC(C(=O)N(CCCN2CCC(Cn3cncn3)CC2)c2cccc(Cl)c2)CC1. The second-order valence-electron chi connectivity index (χ2n) is 9.51. The molecule has 184 valence electrons. The van der Waals surface area contributed by atoms with Crippen LogP contribution in [0.2, 0.25) is 5.02 Å². The van der Waals surface area contributed by atoms with E-state index in [4.69, 9.17) is 11.6 Å². The lowest BCUT2D eigenvalue weighted by molar-refractivity contribution is -0.133. The fourth-order valence-corrected chi connectivity index (χ4v) is 5.29. The topological polar surface area (TPSA) is 74.6 Å². The van der Waals surface area contributed by atoms with Crippen molar-refractivity contribution in [3.8, 4) is 0 Å². The Morgan fingerprint density at radius 2 is 1.88 bits per heavy atom. The van der Waals surface area contributed by atoms with Crippen molar-refractivity contribution in [1.29, 1.82) is 0 Å². The molecule has 8 nitrogen and oxygen atoms in total.